The number of nitrogens with zero attached hydrogens (tertiary/aromatic N) is 2. The molecule has 1 aliphatic carbocycles. The summed E-state index contributed by atoms with van der Waals surface area (Å²) >= 11 is 0. The molecule has 2 unspecified atom stereocenters. The van der Waals surface area contributed by atoms with Crippen molar-refractivity contribution in [3.8, 4) is 6.07 Å². The molecule has 2 aliphatic rings. The molecular weight excluding hydrogens is 228 g/mol. The maximum atomic E-state index is 12.2. The molecule has 4 heteroatoms. The zero-order valence-corrected chi connectivity index (χ0v) is 10.2. The highest BCUT2D eigenvalue weighted by molar-refractivity contribution is 6.26. The van der Waals surface area contributed by atoms with Gasteiger partial charge in [0.2, 0.25) is 11.8 Å². The van der Waals surface area contributed by atoms with Crippen LogP contribution in [0.2, 0.25) is 0 Å². The number of fused-ring (bicyclic) bond motifs is 1. The number of hydrogen-bond acceptors (Lipinski definition) is 3. The minimum absolute atomic E-state index is 0.169. The molecule has 0 N–H and O–H groups in total. The Balaban J connectivity index is 2.04. The summed E-state index contributed by atoms with van der Waals surface area (Å²) in [4.78, 5) is 25.7. The number of piperidine rings is 1. The molecule has 0 bridgehead atoms. The van der Waals surface area contributed by atoms with E-state index in [0.717, 1.165) is 0 Å². The van der Waals surface area contributed by atoms with Crippen LogP contribution in [0.3, 0.4) is 0 Å². The smallest absolute Gasteiger partial charge is 0.238 e. The fourth-order valence-electron chi connectivity index (χ4n) is 2.95. The third kappa shape index (κ3) is 1.14. The molecule has 2 atom stereocenters. The number of nitriles is 1. The van der Waals surface area contributed by atoms with Gasteiger partial charge in [-0.2, -0.15) is 5.26 Å². The number of carbonyl (C=O) groups is 2. The minimum Gasteiger partial charge on any atom is -0.274 e. The first kappa shape index (κ1) is 11.0. The van der Waals surface area contributed by atoms with Gasteiger partial charge in [0.1, 0.15) is 6.07 Å². The standard InChI is InChI=1S/C14H12N2O2/c1-14(2)10-11(14)13(18)16(12(10)17)9-6-4-3-5-8(9)7-15/h3-6,10-11H,1-2H3. The van der Waals surface area contributed by atoms with Gasteiger partial charge in [-0.3, -0.25) is 9.59 Å². The van der Waals surface area contributed by atoms with Gasteiger partial charge in [0.25, 0.3) is 0 Å². The number of rotatable bonds is 1. The van der Waals surface area contributed by atoms with Crippen LogP contribution in [0.15, 0.2) is 24.3 Å². The second kappa shape index (κ2) is 3.20. The van der Waals surface area contributed by atoms with Gasteiger partial charge in [-0.25, -0.2) is 4.90 Å². The van der Waals surface area contributed by atoms with E-state index in [0.29, 0.717) is 11.3 Å². The highest BCUT2D eigenvalue weighted by atomic mass is 16.2. The SMILES string of the molecule is CC1(C)C2C(=O)N(c3ccccc3C#N)C(=O)C21. The van der Waals surface area contributed by atoms with E-state index in [1.54, 1.807) is 24.3 Å². The predicted molar refractivity (Wildman–Crippen MR) is 64.4 cm³/mol. The Kier molecular flexibility index (Phi) is 1.95. The molecule has 1 heterocycles. The van der Waals surface area contributed by atoms with Gasteiger partial charge >= 0.3 is 0 Å². The van der Waals surface area contributed by atoms with Gasteiger partial charge < -0.3 is 0 Å². The van der Waals surface area contributed by atoms with Crippen LogP contribution in [0.25, 0.3) is 0 Å². The molecule has 4 nitrogen and oxygen atoms in total. The predicted octanol–water partition coefficient (Wildman–Crippen LogP) is 1.70. The maximum Gasteiger partial charge on any atom is 0.238 e. The van der Waals surface area contributed by atoms with Crippen molar-refractivity contribution in [3.63, 3.8) is 0 Å². The molecule has 1 aromatic rings. The van der Waals surface area contributed by atoms with E-state index in [1.165, 1.54) is 4.90 Å². The number of imide groups is 1. The molecule has 2 fully saturated rings. The third-order valence-corrected chi connectivity index (χ3v) is 4.07. The summed E-state index contributed by atoms with van der Waals surface area (Å²) in [6, 6.07) is 8.73. The average Bonchev–Trinajstić information content (AvgIpc) is 2.80. The van der Waals surface area contributed by atoms with Crippen molar-refractivity contribution in [2.45, 2.75) is 13.8 Å². The van der Waals surface area contributed by atoms with Crippen LogP contribution in [0, 0.1) is 28.6 Å². The molecule has 1 saturated carbocycles. The van der Waals surface area contributed by atoms with Gasteiger partial charge in [0, 0.05) is 0 Å². The summed E-state index contributed by atoms with van der Waals surface area (Å²) in [6.45, 7) is 3.87. The summed E-state index contributed by atoms with van der Waals surface area (Å²) < 4.78 is 0. The third-order valence-electron chi connectivity index (χ3n) is 4.07. The van der Waals surface area contributed by atoms with E-state index in [9.17, 15) is 9.59 Å². The maximum absolute atomic E-state index is 12.2. The number of amides is 2. The van der Waals surface area contributed by atoms with Crippen molar-refractivity contribution < 1.29 is 9.59 Å². The van der Waals surface area contributed by atoms with Crippen LogP contribution >= 0.6 is 0 Å². The first-order valence-electron chi connectivity index (χ1n) is 5.87. The molecule has 0 aromatic heterocycles. The molecule has 0 radical (unpaired) electrons. The number of anilines is 1. The van der Waals surface area contributed by atoms with E-state index in [2.05, 4.69) is 0 Å². The topological polar surface area (TPSA) is 61.2 Å². The minimum atomic E-state index is -0.216. The van der Waals surface area contributed by atoms with Gasteiger partial charge in [-0.15, -0.1) is 0 Å². The lowest BCUT2D eigenvalue weighted by atomic mass is 10.0. The summed E-state index contributed by atoms with van der Waals surface area (Å²) in [5, 5.41) is 9.03. The summed E-state index contributed by atoms with van der Waals surface area (Å²) in [5.74, 6) is -0.760. The largest absolute Gasteiger partial charge is 0.274 e. The van der Waals surface area contributed by atoms with Crippen LogP contribution < -0.4 is 4.90 Å². The highest BCUT2D eigenvalue weighted by Gasteiger charge is 2.72. The molecular formula is C14H12N2O2. The number of benzene rings is 1. The van der Waals surface area contributed by atoms with E-state index in [-0.39, 0.29) is 29.1 Å². The molecule has 2 amide bonds. The zero-order valence-electron chi connectivity index (χ0n) is 10.2. The fourth-order valence-corrected chi connectivity index (χ4v) is 2.95. The monoisotopic (exact) mass is 240 g/mol. The lowest BCUT2D eigenvalue weighted by molar-refractivity contribution is -0.125. The molecule has 1 saturated heterocycles. The first-order chi connectivity index (χ1) is 8.50. The summed E-state index contributed by atoms with van der Waals surface area (Å²) in [5.41, 5.74) is 0.558. The Hall–Kier alpha value is -2.15. The quantitative estimate of drug-likeness (QED) is 0.702. The van der Waals surface area contributed by atoms with Gasteiger partial charge in [-0.1, -0.05) is 26.0 Å². The van der Waals surface area contributed by atoms with Gasteiger partial charge in [0.05, 0.1) is 23.1 Å². The van der Waals surface area contributed by atoms with Crippen LogP contribution in [0.5, 0.6) is 0 Å². The van der Waals surface area contributed by atoms with E-state index in [1.807, 2.05) is 19.9 Å². The van der Waals surface area contributed by atoms with Crippen molar-refractivity contribution >= 4 is 17.5 Å². The molecule has 1 aromatic carbocycles. The van der Waals surface area contributed by atoms with E-state index < -0.39 is 0 Å². The van der Waals surface area contributed by atoms with Crippen LogP contribution in [-0.2, 0) is 9.59 Å². The second-order valence-electron chi connectivity index (χ2n) is 5.42. The number of carbonyl (C=O) groups excluding carboxylic acids is 2. The highest BCUT2D eigenvalue weighted by Crippen LogP contribution is 2.63. The second-order valence-corrected chi connectivity index (χ2v) is 5.42. The Bertz CT molecular complexity index is 588. The number of hydrogen-bond donors (Lipinski definition) is 0. The lowest BCUT2D eigenvalue weighted by Crippen LogP contribution is -2.36. The average molecular weight is 240 g/mol. The van der Waals surface area contributed by atoms with Crippen LogP contribution in [0.4, 0.5) is 5.69 Å². The Labute approximate surface area is 105 Å². The Morgan fingerprint density at radius 2 is 1.72 bits per heavy atom. The van der Waals surface area contributed by atoms with Gasteiger partial charge in [-0.05, 0) is 17.5 Å². The molecule has 0 spiro atoms. The number of para-hydroxylation sites is 1. The van der Waals surface area contributed by atoms with Crippen molar-refractivity contribution in [2.24, 2.45) is 17.3 Å². The zero-order chi connectivity index (χ0) is 13.1. The molecule has 1 aliphatic heterocycles. The van der Waals surface area contributed by atoms with Crippen LogP contribution in [0.1, 0.15) is 19.4 Å². The van der Waals surface area contributed by atoms with E-state index >= 15 is 0 Å². The molecule has 18 heavy (non-hydrogen) atoms. The van der Waals surface area contributed by atoms with Crippen molar-refractivity contribution in [3.05, 3.63) is 29.8 Å². The molecule has 90 valence electrons. The fraction of sp³-hybridized carbons (Fsp3) is 0.357. The normalized spacial score (nSPS) is 27.9. The Morgan fingerprint density at radius 3 is 2.28 bits per heavy atom. The van der Waals surface area contributed by atoms with Gasteiger partial charge in [0.15, 0.2) is 0 Å². The van der Waals surface area contributed by atoms with Crippen molar-refractivity contribution in [2.75, 3.05) is 4.90 Å². The van der Waals surface area contributed by atoms with E-state index in [4.69, 9.17) is 5.26 Å². The van der Waals surface area contributed by atoms with Crippen molar-refractivity contribution in [1.29, 1.82) is 5.26 Å². The summed E-state index contributed by atoms with van der Waals surface area (Å²) in [7, 11) is 0. The first-order valence-corrected chi connectivity index (χ1v) is 5.87. The summed E-state index contributed by atoms with van der Waals surface area (Å²) in [6.07, 6.45) is 0. The molecule has 3 rings (SSSR count). The van der Waals surface area contributed by atoms with Crippen molar-refractivity contribution in [1.82, 2.24) is 0 Å². The Morgan fingerprint density at radius 1 is 1.17 bits per heavy atom. The lowest BCUT2D eigenvalue weighted by Gasteiger charge is -2.21. The van der Waals surface area contributed by atoms with Crippen LogP contribution in [-0.4, -0.2) is 11.8 Å².